The summed E-state index contributed by atoms with van der Waals surface area (Å²) in [6.07, 6.45) is 0. The van der Waals surface area contributed by atoms with Gasteiger partial charge in [-0.1, -0.05) is 17.7 Å². The summed E-state index contributed by atoms with van der Waals surface area (Å²) in [5.74, 6) is -0.254. The molecule has 3 rings (SSSR count). The number of hydrogen-bond donors (Lipinski definition) is 1. The van der Waals surface area contributed by atoms with Crippen molar-refractivity contribution in [3.8, 4) is 5.69 Å². The summed E-state index contributed by atoms with van der Waals surface area (Å²) in [6.45, 7) is 3.70. The topological polar surface area (TPSA) is 20.7 Å². The molecule has 1 aromatic heterocycles. The summed E-state index contributed by atoms with van der Waals surface area (Å²) < 4.78 is 16.0. The first-order valence-corrected chi connectivity index (χ1v) is 6.93. The van der Waals surface area contributed by atoms with Crippen molar-refractivity contribution in [3.63, 3.8) is 0 Å². The fraction of sp³-hybridized carbons (Fsp3) is 0.133. The van der Waals surface area contributed by atoms with Crippen LogP contribution in [-0.2, 0) is 0 Å². The number of fused-ring (bicyclic) bond motifs is 1. The van der Waals surface area contributed by atoms with Gasteiger partial charge in [-0.3, -0.25) is 4.57 Å². The van der Waals surface area contributed by atoms with Crippen LogP contribution in [0.5, 0.6) is 0 Å². The van der Waals surface area contributed by atoms with E-state index < -0.39 is 0 Å². The highest BCUT2D eigenvalue weighted by atomic mass is 35.5. The number of nitrogens with zero attached hydrogens (tertiary/aromatic N) is 1. The lowest BCUT2D eigenvalue weighted by molar-refractivity contribution is 0.620. The highest BCUT2D eigenvalue weighted by Gasteiger charge is 2.12. The number of hydrogen-bond acceptors (Lipinski definition) is 1. The molecule has 3 aromatic rings. The maximum Gasteiger partial charge on any atom is 0.182 e. The van der Waals surface area contributed by atoms with E-state index in [-0.39, 0.29) is 5.82 Å². The smallest absolute Gasteiger partial charge is 0.182 e. The van der Waals surface area contributed by atoms with E-state index in [1.165, 1.54) is 6.07 Å². The summed E-state index contributed by atoms with van der Waals surface area (Å²) in [4.78, 5) is 3.01. The quantitative estimate of drug-likeness (QED) is 0.620. The molecule has 1 N–H and O–H groups in total. The highest BCUT2D eigenvalue weighted by molar-refractivity contribution is 7.71. The summed E-state index contributed by atoms with van der Waals surface area (Å²) in [6, 6.07) is 9.00. The average Bonchev–Trinajstić information content (AvgIpc) is 2.66. The van der Waals surface area contributed by atoms with Crippen molar-refractivity contribution < 1.29 is 4.39 Å². The third-order valence-electron chi connectivity index (χ3n) is 3.31. The van der Waals surface area contributed by atoms with E-state index >= 15 is 0 Å². The Hall–Kier alpha value is -1.65. The zero-order valence-corrected chi connectivity index (χ0v) is 12.6. The van der Waals surface area contributed by atoms with Gasteiger partial charge in [-0.15, -0.1) is 0 Å². The molecule has 0 saturated carbocycles. The predicted molar refractivity (Wildman–Crippen MR) is 82.9 cm³/mol. The van der Waals surface area contributed by atoms with Crippen LogP contribution >= 0.6 is 23.8 Å². The van der Waals surface area contributed by atoms with Crippen molar-refractivity contribution in [2.45, 2.75) is 13.8 Å². The van der Waals surface area contributed by atoms with Gasteiger partial charge >= 0.3 is 0 Å². The minimum absolute atomic E-state index is 0.254. The molecule has 0 unspecified atom stereocenters. The fourth-order valence-electron chi connectivity index (χ4n) is 2.26. The van der Waals surface area contributed by atoms with Crippen LogP contribution in [0.25, 0.3) is 16.7 Å². The van der Waals surface area contributed by atoms with Crippen molar-refractivity contribution in [2.75, 3.05) is 0 Å². The highest BCUT2D eigenvalue weighted by Crippen LogP contribution is 2.27. The third kappa shape index (κ3) is 2.05. The molecule has 0 atom stereocenters. The molecule has 2 nitrogen and oxygen atoms in total. The number of imidazole rings is 1. The van der Waals surface area contributed by atoms with Crippen molar-refractivity contribution in [3.05, 3.63) is 57.1 Å². The Morgan fingerprint density at radius 1 is 1.20 bits per heavy atom. The van der Waals surface area contributed by atoms with E-state index in [0.717, 1.165) is 16.8 Å². The largest absolute Gasteiger partial charge is 0.330 e. The molecule has 0 aliphatic rings. The average molecular weight is 307 g/mol. The van der Waals surface area contributed by atoms with Crippen molar-refractivity contribution in [2.24, 2.45) is 0 Å². The first-order valence-electron chi connectivity index (χ1n) is 6.15. The van der Waals surface area contributed by atoms with Gasteiger partial charge in [0.2, 0.25) is 0 Å². The normalized spacial score (nSPS) is 11.2. The van der Waals surface area contributed by atoms with Crippen LogP contribution in [-0.4, -0.2) is 9.55 Å². The molecule has 20 heavy (non-hydrogen) atoms. The van der Waals surface area contributed by atoms with Gasteiger partial charge in [0, 0.05) is 0 Å². The molecule has 2 aromatic carbocycles. The molecular formula is C15H12ClFN2S. The summed E-state index contributed by atoms with van der Waals surface area (Å²) in [7, 11) is 0. The molecule has 5 heteroatoms. The molecule has 0 spiro atoms. The maximum atomic E-state index is 13.6. The van der Waals surface area contributed by atoms with Gasteiger partial charge in [0.25, 0.3) is 0 Å². The molecule has 102 valence electrons. The van der Waals surface area contributed by atoms with Gasteiger partial charge in [-0.25, -0.2) is 4.39 Å². The van der Waals surface area contributed by atoms with Crippen molar-refractivity contribution in [1.82, 2.24) is 9.55 Å². The Bertz CT molecular complexity index is 879. The minimum atomic E-state index is -0.254. The number of H-pyrrole nitrogens is 1. The molecule has 0 aliphatic heterocycles. The van der Waals surface area contributed by atoms with Gasteiger partial charge in [-0.05, 0) is 61.5 Å². The summed E-state index contributed by atoms with van der Waals surface area (Å²) >= 11 is 11.6. The predicted octanol–water partition coefficient (Wildman–Crippen LogP) is 5.10. The van der Waals surface area contributed by atoms with Crippen LogP contribution in [0.1, 0.15) is 11.1 Å². The third-order valence-corrected chi connectivity index (χ3v) is 3.89. The Morgan fingerprint density at radius 2 is 1.95 bits per heavy atom. The molecule has 0 fully saturated rings. The number of rotatable bonds is 1. The van der Waals surface area contributed by atoms with E-state index in [1.54, 1.807) is 13.0 Å². The number of aromatic nitrogens is 2. The lowest BCUT2D eigenvalue weighted by Gasteiger charge is -2.08. The second-order valence-electron chi connectivity index (χ2n) is 4.84. The van der Waals surface area contributed by atoms with Crippen LogP contribution < -0.4 is 0 Å². The van der Waals surface area contributed by atoms with Gasteiger partial charge in [0.15, 0.2) is 4.77 Å². The first kappa shape index (κ1) is 13.3. The van der Waals surface area contributed by atoms with Gasteiger partial charge in [0.05, 0.1) is 21.7 Å². The second-order valence-corrected chi connectivity index (χ2v) is 5.63. The lowest BCUT2D eigenvalue weighted by atomic mass is 10.2. The fourth-order valence-corrected chi connectivity index (χ4v) is 2.89. The molecule has 0 radical (unpaired) electrons. The van der Waals surface area contributed by atoms with Crippen LogP contribution in [0.4, 0.5) is 4.39 Å². The molecule has 0 saturated heterocycles. The van der Waals surface area contributed by atoms with Crippen LogP contribution in [0.2, 0.25) is 5.02 Å². The molecule has 1 heterocycles. The number of aryl methyl sites for hydroxylation is 2. The number of nitrogens with one attached hydrogen (secondary N) is 1. The number of aromatic amines is 1. The van der Waals surface area contributed by atoms with E-state index in [2.05, 4.69) is 4.98 Å². The Morgan fingerprint density at radius 3 is 2.65 bits per heavy atom. The van der Waals surface area contributed by atoms with E-state index in [4.69, 9.17) is 23.8 Å². The molecule has 0 aliphatic carbocycles. The standard InChI is InChI=1S/C15H12ClFN2S/c1-8-3-4-13(10(16)5-8)19-14-6-9(2)11(17)7-12(14)18-15(19)20/h3-7H,1-2H3,(H,18,20). The van der Waals surface area contributed by atoms with E-state index in [1.807, 2.05) is 29.7 Å². The second kappa shape index (κ2) is 4.72. The van der Waals surface area contributed by atoms with Crippen molar-refractivity contribution >= 4 is 34.9 Å². The van der Waals surface area contributed by atoms with Crippen molar-refractivity contribution in [1.29, 1.82) is 0 Å². The maximum absolute atomic E-state index is 13.6. The monoisotopic (exact) mass is 306 g/mol. The van der Waals surface area contributed by atoms with Crippen LogP contribution in [0.15, 0.2) is 30.3 Å². The molecule has 0 amide bonds. The van der Waals surface area contributed by atoms with E-state index in [0.29, 0.717) is 20.9 Å². The molecule has 0 bridgehead atoms. The Labute approximate surface area is 125 Å². The SMILES string of the molecule is Cc1ccc(-n2c(=S)[nH]c3cc(F)c(C)cc32)c(Cl)c1. The number of halogens is 2. The van der Waals surface area contributed by atoms with E-state index in [9.17, 15) is 4.39 Å². The lowest BCUT2D eigenvalue weighted by Crippen LogP contribution is -1.96. The Balaban J connectivity index is 2.39. The molecular weight excluding hydrogens is 295 g/mol. The number of benzene rings is 2. The van der Waals surface area contributed by atoms with Crippen LogP contribution in [0.3, 0.4) is 0 Å². The van der Waals surface area contributed by atoms with Crippen LogP contribution in [0, 0.1) is 24.4 Å². The van der Waals surface area contributed by atoms with Gasteiger partial charge < -0.3 is 4.98 Å². The minimum Gasteiger partial charge on any atom is -0.330 e. The Kier molecular flexibility index (Phi) is 3.15. The zero-order chi connectivity index (χ0) is 14.4. The zero-order valence-electron chi connectivity index (χ0n) is 11.0. The van der Waals surface area contributed by atoms with Gasteiger partial charge in [-0.2, -0.15) is 0 Å². The summed E-state index contributed by atoms with van der Waals surface area (Å²) in [5.41, 5.74) is 3.92. The van der Waals surface area contributed by atoms with Gasteiger partial charge in [0.1, 0.15) is 5.82 Å². The first-order chi connectivity index (χ1) is 9.47. The summed E-state index contributed by atoms with van der Waals surface area (Å²) in [5, 5.41) is 0.615.